The van der Waals surface area contributed by atoms with Crippen LogP contribution in [0.5, 0.6) is 0 Å². The first kappa shape index (κ1) is 12.7. The Hall–Kier alpha value is -0.330. The van der Waals surface area contributed by atoms with Gasteiger partial charge < -0.3 is 5.32 Å². The van der Waals surface area contributed by atoms with Crippen molar-refractivity contribution in [3.8, 4) is 11.8 Å². The van der Waals surface area contributed by atoms with E-state index in [4.69, 9.17) is 0 Å². The van der Waals surface area contributed by atoms with E-state index in [0.29, 0.717) is 6.04 Å². The molecule has 0 fully saturated rings. The van der Waals surface area contributed by atoms with E-state index in [1.807, 2.05) is 6.92 Å². The predicted octanol–water partition coefficient (Wildman–Crippen LogP) is 1.15. The highest BCUT2D eigenvalue weighted by Gasteiger charge is 2.00. The Bertz CT molecular complexity index is 205. The van der Waals surface area contributed by atoms with Gasteiger partial charge in [0.15, 0.2) is 0 Å². The van der Waals surface area contributed by atoms with E-state index < -0.39 is 10.8 Å². The van der Waals surface area contributed by atoms with Crippen molar-refractivity contribution in [3.63, 3.8) is 0 Å². The second-order valence-electron chi connectivity index (χ2n) is 3.10. The topological polar surface area (TPSA) is 29.1 Å². The van der Waals surface area contributed by atoms with Gasteiger partial charge in [-0.1, -0.05) is 0 Å². The summed E-state index contributed by atoms with van der Waals surface area (Å²) in [5.41, 5.74) is 0. The maximum Gasteiger partial charge on any atom is 0.0246 e. The lowest BCUT2D eigenvalue weighted by molar-refractivity contribution is 0.543. The number of hydrogen-bond donors (Lipinski definition) is 1. The first-order chi connectivity index (χ1) is 6.16. The maximum atomic E-state index is 10.8. The smallest absolute Gasteiger partial charge is 0.0246 e. The quantitative estimate of drug-likeness (QED) is 0.516. The highest BCUT2D eigenvalue weighted by Crippen LogP contribution is 1.92. The van der Waals surface area contributed by atoms with Gasteiger partial charge in [0.25, 0.3) is 0 Å². The van der Waals surface area contributed by atoms with Gasteiger partial charge in [0.05, 0.1) is 0 Å². The normalized spacial score (nSPS) is 14.4. The van der Waals surface area contributed by atoms with E-state index in [1.54, 1.807) is 6.26 Å². The van der Waals surface area contributed by atoms with Crippen LogP contribution in [0.1, 0.15) is 26.7 Å². The van der Waals surface area contributed by atoms with Crippen LogP contribution >= 0.6 is 0 Å². The zero-order chi connectivity index (χ0) is 10.1. The second-order valence-corrected chi connectivity index (χ2v) is 4.65. The van der Waals surface area contributed by atoms with Crippen molar-refractivity contribution in [1.82, 2.24) is 5.32 Å². The average molecular weight is 201 g/mol. The largest absolute Gasteiger partial charge is 0.313 e. The zero-order valence-electron chi connectivity index (χ0n) is 8.72. The Morgan fingerprint density at radius 2 is 2.23 bits per heavy atom. The first-order valence-corrected chi connectivity index (χ1v) is 6.32. The van der Waals surface area contributed by atoms with Crippen molar-refractivity contribution in [1.29, 1.82) is 0 Å². The Labute approximate surface area is 83.9 Å². The molecular weight excluding hydrogens is 182 g/mol. The van der Waals surface area contributed by atoms with Gasteiger partial charge in [-0.3, -0.25) is 4.21 Å². The molecule has 76 valence electrons. The van der Waals surface area contributed by atoms with Crippen molar-refractivity contribution in [2.75, 3.05) is 18.6 Å². The Kier molecular flexibility index (Phi) is 8.07. The van der Waals surface area contributed by atoms with Crippen molar-refractivity contribution in [3.05, 3.63) is 0 Å². The molecule has 3 heteroatoms. The molecule has 0 aliphatic carbocycles. The monoisotopic (exact) mass is 201 g/mol. The van der Waals surface area contributed by atoms with E-state index in [2.05, 4.69) is 24.1 Å². The summed E-state index contributed by atoms with van der Waals surface area (Å²) in [6, 6.07) is 0.447. The van der Waals surface area contributed by atoms with Crippen molar-refractivity contribution in [2.45, 2.75) is 32.7 Å². The van der Waals surface area contributed by atoms with Gasteiger partial charge in [-0.05, 0) is 20.3 Å². The van der Waals surface area contributed by atoms with E-state index in [-0.39, 0.29) is 0 Å². The molecule has 0 rings (SSSR count). The fourth-order valence-corrected chi connectivity index (χ4v) is 1.64. The molecule has 2 atom stereocenters. The Balaban J connectivity index is 3.33. The number of rotatable bonds is 6. The van der Waals surface area contributed by atoms with Crippen molar-refractivity contribution in [2.24, 2.45) is 0 Å². The summed E-state index contributed by atoms with van der Waals surface area (Å²) in [5.74, 6) is 6.63. The van der Waals surface area contributed by atoms with E-state index in [9.17, 15) is 4.21 Å². The van der Waals surface area contributed by atoms with Gasteiger partial charge in [-0.15, -0.1) is 11.8 Å². The molecule has 0 aliphatic heterocycles. The lowest BCUT2D eigenvalue weighted by Crippen LogP contribution is -2.28. The van der Waals surface area contributed by atoms with Gasteiger partial charge in [0.2, 0.25) is 0 Å². The average Bonchev–Trinajstić information content (AvgIpc) is 2.09. The zero-order valence-corrected chi connectivity index (χ0v) is 9.54. The van der Waals surface area contributed by atoms with Crippen LogP contribution in [0.3, 0.4) is 0 Å². The summed E-state index contributed by atoms with van der Waals surface area (Å²) in [4.78, 5) is 0. The van der Waals surface area contributed by atoms with Crippen LogP contribution in [0, 0.1) is 11.8 Å². The standard InChI is InChI=1S/C10H19NOS/c1-4-5-6-8-11-10(2)7-9-13(3)12/h10-11H,6-9H2,1-3H3. The minimum absolute atomic E-state index is 0.447. The van der Waals surface area contributed by atoms with Crippen LogP contribution in [-0.4, -0.2) is 28.8 Å². The molecule has 2 nitrogen and oxygen atoms in total. The number of hydrogen-bond acceptors (Lipinski definition) is 2. The van der Waals surface area contributed by atoms with Gasteiger partial charge in [0, 0.05) is 41.8 Å². The van der Waals surface area contributed by atoms with Crippen molar-refractivity contribution >= 4 is 10.8 Å². The van der Waals surface area contributed by atoms with E-state index in [1.165, 1.54) is 0 Å². The van der Waals surface area contributed by atoms with E-state index >= 15 is 0 Å². The third-order valence-electron chi connectivity index (χ3n) is 1.76. The highest BCUT2D eigenvalue weighted by molar-refractivity contribution is 7.84. The number of nitrogens with one attached hydrogen (secondary N) is 1. The molecule has 0 spiro atoms. The summed E-state index contributed by atoms with van der Waals surface area (Å²) in [6.07, 6.45) is 3.62. The molecule has 0 radical (unpaired) electrons. The third kappa shape index (κ3) is 9.59. The SMILES string of the molecule is CC#CCCNC(C)CCS(C)=O. The Morgan fingerprint density at radius 1 is 1.54 bits per heavy atom. The van der Waals surface area contributed by atoms with Crippen LogP contribution in [-0.2, 0) is 10.8 Å². The lowest BCUT2D eigenvalue weighted by Gasteiger charge is -2.11. The predicted molar refractivity (Wildman–Crippen MR) is 59.1 cm³/mol. The molecule has 2 unspecified atom stereocenters. The van der Waals surface area contributed by atoms with Gasteiger partial charge >= 0.3 is 0 Å². The van der Waals surface area contributed by atoms with Crippen LogP contribution in [0.4, 0.5) is 0 Å². The van der Waals surface area contributed by atoms with Crippen LogP contribution in [0.2, 0.25) is 0 Å². The summed E-state index contributed by atoms with van der Waals surface area (Å²) in [5, 5.41) is 3.34. The molecule has 0 saturated carbocycles. The first-order valence-electron chi connectivity index (χ1n) is 4.59. The molecular formula is C10H19NOS. The second kappa shape index (κ2) is 8.28. The molecule has 0 saturated heterocycles. The summed E-state index contributed by atoms with van der Waals surface area (Å²) in [6.45, 7) is 4.90. The molecule has 0 bridgehead atoms. The Morgan fingerprint density at radius 3 is 2.77 bits per heavy atom. The molecule has 13 heavy (non-hydrogen) atoms. The third-order valence-corrected chi connectivity index (χ3v) is 2.57. The van der Waals surface area contributed by atoms with Gasteiger partial charge in [-0.2, -0.15) is 0 Å². The maximum absolute atomic E-state index is 10.8. The lowest BCUT2D eigenvalue weighted by atomic mass is 10.2. The van der Waals surface area contributed by atoms with E-state index in [0.717, 1.165) is 25.1 Å². The van der Waals surface area contributed by atoms with Gasteiger partial charge in [-0.25, -0.2) is 0 Å². The summed E-state index contributed by atoms with van der Waals surface area (Å²) < 4.78 is 10.8. The molecule has 0 amide bonds. The fraction of sp³-hybridized carbons (Fsp3) is 0.800. The van der Waals surface area contributed by atoms with Gasteiger partial charge in [0.1, 0.15) is 0 Å². The summed E-state index contributed by atoms with van der Waals surface area (Å²) >= 11 is 0. The van der Waals surface area contributed by atoms with Crippen LogP contribution in [0.15, 0.2) is 0 Å². The van der Waals surface area contributed by atoms with Crippen LogP contribution in [0.25, 0.3) is 0 Å². The fourth-order valence-electron chi connectivity index (χ4n) is 0.951. The summed E-state index contributed by atoms with van der Waals surface area (Å²) in [7, 11) is -0.663. The highest BCUT2D eigenvalue weighted by atomic mass is 32.2. The molecule has 0 aliphatic rings. The molecule has 0 aromatic carbocycles. The molecule has 1 N–H and O–H groups in total. The molecule has 0 heterocycles. The molecule has 0 aromatic rings. The van der Waals surface area contributed by atoms with Crippen molar-refractivity contribution < 1.29 is 4.21 Å². The minimum atomic E-state index is -0.663. The van der Waals surface area contributed by atoms with Crippen LogP contribution < -0.4 is 5.32 Å². The molecule has 0 aromatic heterocycles. The minimum Gasteiger partial charge on any atom is -0.313 e.